The lowest BCUT2D eigenvalue weighted by molar-refractivity contribution is -0.152. The van der Waals surface area contributed by atoms with Gasteiger partial charge in [0.2, 0.25) is 0 Å². The van der Waals surface area contributed by atoms with E-state index in [1.54, 1.807) is 6.92 Å². The second-order valence-electron chi connectivity index (χ2n) is 2.90. The molecule has 0 saturated heterocycles. The Hall–Kier alpha value is -0.570. The maximum absolute atomic E-state index is 11.0. The number of hydrogen-bond acceptors (Lipinski definition) is 3. The van der Waals surface area contributed by atoms with Crippen LogP contribution in [0.2, 0.25) is 0 Å². The summed E-state index contributed by atoms with van der Waals surface area (Å²) in [5.41, 5.74) is 0. The Bertz CT molecular complexity index is 121. The van der Waals surface area contributed by atoms with Gasteiger partial charge in [-0.15, -0.1) is 0 Å². The highest BCUT2D eigenvalue weighted by Crippen LogP contribution is 2.05. The first kappa shape index (κ1) is 10.4. The Morgan fingerprint density at radius 1 is 1.45 bits per heavy atom. The van der Waals surface area contributed by atoms with E-state index in [0.29, 0.717) is 6.42 Å². The molecule has 1 unspecified atom stereocenters. The van der Waals surface area contributed by atoms with Gasteiger partial charge in [0.15, 0.2) is 0 Å². The molecule has 1 atom stereocenters. The van der Waals surface area contributed by atoms with Crippen LogP contribution in [0.1, 0.15) is 27.2 Å². The zero-order chi connectivity index (χ0) is 8.85. The molecule has 3 nitrogen and oxygen atoms in total. The van der Waals surface area contributed by atoms with Crippen molar-refractivity contribution in [2.24, 2.45) is 5.92 Å². The van der Waals surface area contributed by atoms with Crippen molar-refractivity contribution in [1.82, 2.24) is 0 Å². The SMILES string of the molecule is CC(C)OC(=O)C(C)CCO. The predicted molar refractivity (Wildman–Crippen MR) is 42.1 cm³/mol. The largest absolute Gasteiger partial charge is 0.463 e. The van der Waals surface area contributed by atoms with E-state index in [-0.39, 0.29) is 24.6 Å². The topological polar surface area (TPSA) is 46.5 Å². The Morgan fingerprint density at radius 2 is 2.00 bits per heavy atom. The van der Waals surface area contributed by atoms with E-state index in [9.17, 15) is 4.79 Å². The smallest absolute Gasteiger partial charge is 0.308 e. The van der Waals surface area contributed by atoms with Gasteiger partial charge in [0.25, 0.3) is 0 Å². The van der Waals surface area contributed by atoms with Crippen molar-refractivity contribution in [3.63, 3.8) is 0 Å². The molecule has 66 valence electrons. The van der Waals surface area contributed by atoms with E-state index < -0.39 is 0 Å². The van der Waals surface area contributed by atoms with Gasteiger partial charge in [-0.2, -0.15) is 0 Å². The summed E-state index contributed by atoms with van der Waals surface area (Å²) in [6.45, 7) is 5.41. The molecular weight excluding hydrogens is 144 g/mol. The molecule has 0 aromatic heterocycles. The molecule has 0 amide bonds. The molecule has 3 heteroatoms. The van der Waals surface area contributed by atoms with Gasteiger partial charge in [0.05, 0.1) is 12.0 Å². The van der Waals surface area contributed by atoms with Gasteiger partial charge in [-0.25, -0.2) is 0 Å². The van der Waals surface area contributed by atoms with Gasteiger partial charge in [-0.3, -0.25) is 4.79 Å². The van der Waals surface area contributed by atoms with Crippen LogP contribution < -0.4 is 0 Å². The normalized spacial score (nSPS) is 13.2. The zero-order valence-electron chi connectivity index (χ0n) is 7.33. The summed E-state index contributed by atoms with van der Waals surface area (Å²) in [6, 6.07) is 0. The molecule has 0 rings (SSSR count). The van der Waals surface area contributed by atoms with Crippen LogP contribution in [0.3, 0.4) is 0 Å². The minimum absolute atomic E-state index is 0.0361. The summed E-state index contributed by atoms with van der Waals surface area (Å²) < 4.78 is 4.91. The zero-order valence-corrected chi connectivity index (χ0v) is 7.33. The summed E-state index contributed by atoms with van der Waals surface area (Å²) in [5.74, 6) is -0.420. The molecule has 0 saturated carbocycles. The summed E-state index contributed by atoms with van der Waals surface area (Å²) in [4.78, 5) is 11.0. The summed E-state index contributed by atoms with van der Waals surface area (Å²) in [7, 11) is 0. The van der Waals surface area contributed by atoms with Crippen molar-refractivity contribution in [2.75, 3.05) is 6.61 Å². The molecule has 0 aliphatic heterocycles. The van der Waals surface area contributed by atoms with Gasteiger partial charge in [-0.1, -0.05) is 6.92 Å². The third kappa shape index (κ3) is 4.79. The Kier molecular flexibility index (Phi) is 4.86. The molecule has 0 radical (unpaired) electrons. The third-order valence-corrected chi connectivity index (χ3v) is 1.32. The van der Waals surface area contributed by atoms with Crippen LogP contribution in [0.4, 0.5) is 0 Å². The molecule has 0 aromatic rings. The monoisotopic (exact) mass is 160 g/mol. The van der Waals surface area contributed by atoms with Crippen molar-refractivity contribution in [2.45, 2.75) is 33.3 Å². The number of ether oxygens (including phenoxy) is 1. The van der Waals surface area contributed by atoms with Crippen LogP contribution in [-0.4, -0.2) is 23.8 Å². The van der Waals surface area contributed by atoms with E-state index in [0.717, 1.165) is 0 Å². The fraction of sp³-hybridized carbons (Fsp3) is 0.875. The van der Waals surface area contributed by atoms with Crippen LogP contribution in [0, 0.1) is 5.92 Å². The third-order valence-electron chi connectivity index (χ3n) is 1.32. The molecule has 0 bridgehead atoms. The lowest BCUT2D eigenvalue weighted by Gasteiger charge is -2.12. The van der Waals surface area contributed by atoms with Crippen LogP contribution >= 0.6 is 0 Å². The highest BCUT2D eigenvalue weighted by atomic mass is 16.5. The van der Waals surface area contributed by atoms with E-state index >= 15 is 0 Å². The number of rotatable bonds is 4. The number of aliphatic hydroxyl groups is 1. The number of carbonyl (C=O) groups is 1. The van der Waals surface area contributed by atoms with Gasteiger partial charge in [-0.05, 0) is 20.3 Å². The van der Waals surface area contributed by atoms with E-state index in [1.807, 2.05) is 13.8 Å². The van der Waals surface area contributed by atoms with Gasteiger partial charge in [0.1, 0.15) is 0 Å². The first-order chi connectivity index (χ1) is 5.07. The second kappa shape index (κ2) is 5.13. The minimum Gasteiger partial charge on any atom is -0.463 e. The first-order valence-electron chi connectivity index (χ1n) is 3.89. The molecule has 0 aromatic carbocycles. The first-order valence-corrected chi connectivity index (χ1v) is 3.89. The summed E-state index contributed by atoms with van der Waals surface area (Å²) >= 11 is 0. The van der Waals surface area contributed by atoms with Gasteiger partial charge in [0, 0.05) is 6.61 Å². The molecule has 11 heavy (non-hydrogen) atoms. The highest BCUT2D eigenvalue weighted by molar-refractivity contribution is 5.72. The minimum atomic E-state index is -0.228. The molecule has 0 heterocycles. The number of aliphatic hydroxyl groups excluding tert-OH is 1. The van der Waals surface area contributed by atoms with Crippen molar-refractivity contribution in [3.8, 4) is 0 Å². The quantitative estimate of drug-likeness (QED) is 0.623. The van der Waals surface area contributed by atoms with E-state index in [2.05, 4.69) is 0 Å². The Morgan fingerprint density at radius 3 is 2.36 bits per heavy atom. The van der Waals surface area contributed by atoms with Crippen molar-refractivity contribution >= 4 is 5.97 Å². The summed E-state index contributed by atoms with van der Waals surface area (Å²) in [5, 5.41) is 8.51. The van der Waals surface area contributed by atoms with Crippen LogP contribution in [-0.2, 0) is 9.53 Å². The van der Waals surface area contributed by atoms with Crippen molar-refractivity contribution in [3.05, 3.63) is 0 Å². The number of esters is 1. The summed E-state index contributed by atoms with van der Waals surface area (Å²) in [6.07, 6.45) is 0.412. The fourth-order valence-electron chi connectivity index (χ4n) is 0.660. The Balaban J connectivity index is 3.64. The lowest BCUT2D eigenvalue weighted by Crippen LogP contribution is -2.19. The highest BCUT2D eigenvalue weighted by Gasteiger charge is 2.14. The average molecular weight is 160 g/mol. The maximum atomic E-state index is 11.0. The second-order valence-corrected chi connectivity index (χ2v) is 2.90. The van der Waals surface area contributed by atoms with Crippen LogP contribution in [0.25, 0.3) is 0 Å². The predicted octanol–water partition coefficient (Wildman–Crippen LogP) is 0.956. The molecular formula is C8H16O3. The average Bonchev–Trinajstić information content (AvgIpc) is 1.86. The van der Waals surface area contributed by atoms with Crippen molar-refractivity contribution < 1.29 is 14.6 Å². The van der Waals surface area contributed by atoms with Crippen LogP contribution in [0.15, 0.2) is 0 Å². The molecule has 0 spiro atoms. The standard InChI is InChI=1S/C8H16O3/c1-6(2)11-8(10)7(3)4-5-9/h6-7,9H,4-5H2,1-3H3. The number of carbonyl (C=O) groups excluding carboxylic acids is 1. The van der Waals surface area contributed by atoms with Gasteiger partial charge < -0.3 is 9.84 Å². The van der Waals surface area contributed by atoms with Gasteiger partial charge >= 0.3 is 5.97 Å². The molecule has 0 fully saturated rings. The van der Waals surface area contributed by atoms with Crippen molar-refractivity contribution in [1.29, 1.82) is 0 Å². The Labute approximate surface area is 67.4 Å². The number of hydrogen-bond donors (Lipinski definition) is 1. The van der Waals surface area contributed by atoms with Crippen LogP contribution in [0.5, 0.6) is 0 Å². The van der Waals surface area contributed by atoms with E-state index in [4.69, 9.17) is 9.84 Å². The molecule has 0 aliphatic carbocycles. The molecule has 1 N–H and O–H groups in total. The fourth-order valence-corrected chi connectivity index (χ4v) is 0.660. The lowest BCUT2D eigenvalue weighted by atomic mass is 10.1. The maximum Gasteiger partial charge on any atom is 0.308 e. The van der Waals surface area contributed by atoms with E-state index in [1.165, 1.54) is 0 Å². The molecule has 0 aliphatic rings.